The third kappa shape index (κ3) is 4.36. The molecule has 1 amide bonds. The van der Waals surface area contributed by atoms with Crippen LogP contribution in [0.2, 0.25) is 0 Å². The van der Waals surface area contributed by atoms with Gasteiger partial charge in [0, 0.05) is 6.54 Å². The lowest BCUT2D eigenvalue weighted by atomic mass is 10.2. The lowest BCUT2D eigenvalue weighted by molar-refractivity contribution is -0.117. The summed E-state index contributed by atoms with van der Waals surface area (Å²) in [5, 5.41) is 2.26. The number of carbonyl (C=O) groups is 1. The van der Waals surface area contributed by atoms with E-state index in [1.165, 1.54) is 6.07 Å². The van der Waals surface area contributed by atoms with E-state index in [1.807, 2.05) is 30.3 Å². The zero-order valence-corrected chi connectivity index (χ0v) is 11.6. The first-order chi connectivity index (χ1) is 10.1. The van der Waals surface area contributed by atoms with E-state index in [2.05, 4.69) is 5.32 Å². The third-order valence-electron chi connectivity index (χ3n) is 2.94. The Kier molecular flexibility index (Phi) is 5.00. The molecule has 3 nitrogen and oxygen atoms in total. The summed E-state index contributed by atoms with van der Waals surface area (Å²) in [6.07, 6.45) is 0. The smallest absolute Gasteiger partial charge is 0.238 e. The molecule has 110 valence electrons. The van der Waals surface area contributed by atoms with Gasteiger partial charge in [-0.2, -0.15) is 0 Å². The van der Waals surface area contributed by atoms with Gasteiger partial charge in [0.1, 0.15) is 17.3 Å². The highest BCUT2D eigenvalue weighted by Gasteiger charge is 2.13. The van der Waals surface area contributed by atoms with Crippen LogP contribution in [-0.4, -0.2) is 24.4 Å². The normalized spacial score (nSPS) is 10.7. The minimum Gasteiger partial charge on any atom is -0.320 e. The van der Waals surface area contributed by atoms with E-state index in [0.29, 0.717) is 6.54 Å². The number of hydrogen-bond donors (Lipinski definition) is 1. The second-order valence-electron chi connectivity index (χ2n) is 4.80. The molecule has 0 radical (unpaired) electrons. The summed E-state index contributed by atoms with van der Waals surface area (Å²) in [6.45, 7) is 0.622. The molecule has 0 spiro atoms. The fourth-order valence-corrected chi connectivity index (χ4v) is 1.99. The first-order valence-electron chi connectivity index (χ1n) is 6.52. The van der Waals surface area contributed by atoms with Gasteiger partial charge >= 0.3 is 0 Å². The summed E-state index contributed by atoms with van der Waals surface area (Å²) < 4.78 is 26.9. The van der Waals surface area contributed by atoms with Crippen LogP contribution < -0.4 is 5.32 Å². The molecule has 0 saturated carbocycles. The zero-order valence-electron chi connectivity index (χ0n) is 11.6. The molecule has 1 N–H and O–H groups in total. The van der Waals surface area contributed by atoms with Gasteiger partial charge in [-0.15, -0.1) is 0 Å². The van der Waals surface area contributed by atoms with Crippen molar-refractivity contribution in [2.75, 3.05) is 18.9 Å². The van der Waals surface area contributed by atoms with Gasteiger partial charge < -0.3 is 5.32 Å². The predicted molar refractivity (Wildman–Crippen MR) is 77.8 cm³/mol. The van der Waals surface area contributed by atoms with Crippen LogP contribution in [0.3, 0.4) is 0 Å². The second kappa shape index (κ2) is 6.95. The van der Waals surface area contributed by atoms with Crippen LogP contribution in [0.5, 0.6) is 0 Å². The predicted octanol–water partition coefficient (Wildman–Crippen LogP) is 3.04. The molecule has 2 aromatic carbocycles. The molecular weight excluding hydrogens is 274 g/mol. The number of rotatable bonds is 5. The average Bonchev–Trinajstić information content (AvgIpc) is 2.44. The molecule has 0 saturated heterocycles. The SMILES string of the molecule is CN(CC(=O)Nc1c(F)cccc1F)Cc1ccccc1. The minimum absolute atomic E-state index is 0.0443. The van der Waals surface area contributed by atoms with Gasteiger partial charge in [0.15, 0.2) is 0 Å². The van der Waals surface area contributed by atoms with Gasteiger partial charge in [-0.1, -0.05) is 36.4 Å². The van der Waals surface area contributed by atoms with E-state index in [0.717, 1.165) is 17.7 Å². The van der Waals surface area contributed by atoms with Crippen LogP contribution in [0.4, 0.5) is 14.5 Å². The lowest BCUT2D eigenvalue weighted by Crippen LogP contribution is -2.30. The number of amides is 1. The van der Waals surface area contributed by atoms with E-state index in [4.69, 9.17) is 0 Å². The molecule has 0 bridgehead atoms. The number of nitrogens with zero attached hydrogens (tertiary/aromatic N) is 1. The van der Waals surface area contributed by atoms with Gasteiger partial charge in [-0.05, 0) is 24.7 Å². The van der Waals surface area contributed by atoms with E-state index < -0.39 is 23.2 Å². The van der Waals surface area contributed by atoms with Crippen molar-refractivity contribution in [1.82, 2.24) is 4.90 Å². The molecule has 21 heavy (non-hydrogen) atoms. The average molecular weight is 290 g/mol. The molecule has 2 aromatic rings. The summed E-state index contributed by atoms with van der Waals surface area (Å²) in [7, 11) is 1.77. The molecule has 5 heteroatoms. The van der Waals surface area contributed by atoms with Crippen molar-refractivity contribution < 1.29 is 13.6 Å². The standard InChI is InChI=1S/C16H16F2N2O/c1-20(10-12-6-3-2-4-7-12)11-15(21)19-16-13(17)8-5-9-14(16)18/h2-9H,10-11H2,1H3,(H,19,21). The summed E-state index contributed by atoms with van der Waals surface area (Å²) in [5.74, 6) is -2.03. The van der Waals surface area contributed by atoms with Gasteiger partial charge in [-0.25, -0.2) is 8.78 Å². The number of para-hydroxylation sites is 1. The Bertz CT molecular complexity index is 597. The number of nitrogens with one attached hydrogen (secondary N) is 1. The molecule has 0 aromatic heterocycles. The molecule has 0 fully saturated rings. The Labute approximate surface area is 122 Å². The lowest BCUT2D eigenvalue weighted by Gasteiger charge is -2.16. The Morgan fingerprint density at radius 1 is 1.05 bits per heavy atom. The van der Waals surface area contributed by atoms with Crippen molar-refractivity contribution in [2.45, 2.75) is 6.54 Å². The van der Waals surface area contributed by atoms with Gasteiger partial charge in [0.25, 0.3) is 0 Å². The highest BCUT2D eigenvalue weighted by Crippen LogP contribution is 2.17. The van der Waals surface area contributed by atoms with E-state index >= 15 is 0 Å². The minimum atomic E-state index is -0.783. The van der Waals surface area contributed by atoms with E-state index in [1.54, 1.807) is 11.9 Å². The second-order valence-corrected chi connectivity index (χ2v) is 4.80. The number of benzene rings is 2. The molecular formula is C16H16F2N2O. The molecule has 0 aliphatic carbocycles. The Balaban J connectivity index is 1.92. The quantitative estimate of drug-likeness (QED) is 0.918. The van der Waals surface area contributed by atoms with Crippen molar-refractivity contribution in [2.24, 2.45) is 0 Å². The zero-order chi connectivity index (χ0) is 15.2. The van der Waals surface area contributed by atoms with Crippen LogP contribution in [0, 0.1) is 11.6 Å². The highest BCUT2D eigenvalue weighted by atomic mass is 19.1. The van der Waals surface area contributed by atoms with Crippen LogP contribution in [0.25, 0.3) is 0 Å². The summed E-state index contributed by atoms with van der Waals surface area (Å²) >= 11 is 0. The van der Waals surface area contributed by atoms with Gasteiger partial charge in [0.2, 0.25) is 5.91 Å². The fraction of sp³-hybridized carbons (Fsp3) is 0.188. The van der Waals surface area contributed by atoms with Crippen molar-refractivity contribution in [3.05, 3.63) is 65.7 Å². The number of halogens is 2. The molecule has 0 aliphatic heterocycles. The fourth-order valence-electron chi connectivity index (χ4n) is 1.99. The van der Waals surface area contributed by atoms with Crippen LogP contribution in [0.15, 0.2) is 48.5 Å². The number of carbonyl (C=O) groups excluding carboxylic acids is 1. The number of anilines is 1. The Hall–Kier alpha value is -2.27. The van der Waals surface area contributed by atoms with Crippen LogP contribution in [-0.2, 0) is 11.3 Å². The Morgan fingerprint density at radius 2 is 1.67 bits per heavy atom. The highest BCUT2D eigenvalue weighted by molar-refractivity contribution is 5.92. The third-order valence-corrected chi connectivity index (χ3v) is 2.94. The van der Waals surface area contributed by atoms with E-state index in [9.17, 15) is 13.6 Å². The maximum absolute atomic E-state index is 13.4. The molecule has 0 aliphatic rings. The first-order valence-corrected chi connectivity index (χ1v) is 6.52. The maximum atomic E-state index is 13.4. The van der Waals surface area contributed by atoms with Gasteiger partial charge in [0.05, 0.1) is 6.54 Å². The van der Waals surface area contributed by atoms with Crippen LogP contribution >= 0.6 is 0 Å². The largest absolute Gasteiger partial charge is 0.320 e. The van der Waals surface area contributed by atoms with E-state index in [-0.39, 0.29) is 6.54 Å². The summed E-state index contributed by atoms with van der Waals surface area (Å²) in [6, 6.07) is 13.1. The number of hydrogen-bond acceptors (Lipinski definition) is 2. The first kappa shape index (κ1) is 15.1. The summed E-state index contributed by atoms with van der Waals surface area (Å²) in [4.78, 5) is 13.6. The van der Waals surface area contributed by atoms with Crippen molar-refractivity contribution >= 4 is 11.6 Å². The molecule has 0 atom stereocenters. The van der Waals surface area contributed by atoms with Crippen molar-refractivity contribution in [1.29, 1.82) is 0 Å². The topological polar surface area (TPSA) is 32.3 Å². The van der Waals surface area contributed by atoms with Crippen molar-refractivity contribution in [3.8, 4) is 0 Å². The van der Waals surface area contributed by atoms with Crippen LogP contribution in [0.1, 0.15) is 5.56 Å². The van der Waals surface area contributed by atoms with Crippen molar-refractivity contribution in [3.63, 3.8) is 0 Å². The molecule has 0 unspecified atom stereocenters. The molecule has 2 rings (SSSR count). The maximum Gasteiger partial charge on any atom is 0.238 e. The number of likely N-dealkylation sites (N-methyl/N-ethyl adjacent to an activating group) is 1. The molecule has 0 heterocycles. The monoisotopic (exact) mass is 290 g/mol. The summed E-state index contributed by atoms with van der Waals surface area (Å²) in [5.41, 5.74) is 0.653. The van der Waals surface area contributed by atoms with Gasteiger partial charge in [-0.3, -0.25) is 9.69 Å². The Morgan fingerprint density at radius 3 is 2.29 bits per heavy atom.